The quantitative estimate of drug-likeness (QED) is 0.589. The lowest BCUT2D eigenvalue weighted by atomic mass is 10.1. The molecule has 0 radical (unpaired) electrons. The van der Waals surface area contributed by atoms with Gasteiger partial charge in [0.2, 0.25) is 11.8 Å². The molecule has 0 aliphatic rings. The van der Waals surface area contributed by atoms with Gasteiger partial charge in [-0.25, -0.2) is 4.79 Å². The van der Waals surface area contributed by atoms with Gasteiger partial charge in [-0.2, -0.15) is 0 Å². The van der Waals surface area contributed by atoms with Crippen molar-refractivity contribution in [3.63, 3.8) is 0 Å². The van der Waals surface area contributed by atoms with E-state index in [4.69, 9.17) is 0 Å². The van der Waals surface area contributed by atoms with E-state index in [0.717, 1.165) is 5.56 Å². The number of aromatic amines is 2. The van der Waals surface area contributed by atoms with Crippen LogP contribution in [-0.2, 0) is 16.0 Å². The van der Waals surface area contributed by atoms with Crippen LogP contribution >= 0.6 is 0 Å². The molecule has 0 aliphatic heterocycles. The molecule has 2 aromatic carbocycles. The fourth-order valence-corrected chi connectivity index (χ4v) is 2.46. The van der Waals surface area contributed by atoms with E-state index in [1.54, 1.807) is 42.5 Å². The first-order valence-electron chi connectivity index (χ1n) is 7.38. The van der Waals surface area contributed by atoms with Crippen LogP contribution in [0.2, 0.25) is 0 Å². The molecule has 2 amide bonds. The molecule has 3 aromatic rings. The number of rotatable bonds is 4. The summed E-state index contributed by atoms with van der Waals surface area (Å²) in [5.74, 6) is -0.362. The molecule has 1 heterocycles. The topological polar surface area (TPSA) is 107 Å². The van der Waals surface area contributed by atoms with Gasteiger partial charge < -0.3 is 20.6 Å². The van der Waals surface area contributed by atoms with E-state index in [2.05, 4.69) is 20.6 Å². The van der Waals surface area contributed by atoms with Gasteiger partial charge in [-0.1, -0.05) is 12.1 Å². The fourth-order valence-electron chi connectivity index (χ4n) is 2.46. The highest BCUT2D eigenvalue weighted by Gasteiger charge is 2.07. The number of imidazole rings is 1. The normalized spacial score (nSPS) is 10.5. The number of hydrogen-bond acceptors (Lipinski definition) is 3. The number of aromatic nitrogens is 2. The summed E-state index contributed by atoms with van der Waals surface area (Å²) >= 11 is 0. The second-order valence-electron chi connectivity index (χ2n) is 5.45. The maximum absolute atomic E-state index is 12.2. The van der Waals surface area contributed by atoms with Gasteiger partial charge in [0, 0.05) is 18.3 Å². The Morgan fingerprint density at radius 3 is 2.42 bits per heavy atom. The third kappa shape index (κ3) is 3.70. The van der Waals surface area contributed by atoms with Gasteiger partial charge in [-0.05, 0) is 35.9 Å². The number of nitrogens with one attached hydrogen (secondary N) is 4. The van der Waals surface area contributed by atoms with Crippen molar-refractivity contribution in [1.82, 2.24) is 9.97 Å². The van der Waals surface area contributed by atoms with E-state index in [-0.39, 0.29) is 23.9 Å². The third-order valence-electron chi connectivity index (χ3n) is 3.41. The summed E-state index contributed by atoms with van der Waals surface area (Å²) in [7, 11) is 0. The van der Waals surface area contributed by atoms with E-state index >= 15 is 0 Å². The molecule has 0 fully saturated rings. The lowest BCUT2D eigenvalue weighted by Gasteiger charge is -2.08. The monoisotopic (exact) mass is 324 g/mol. The van der Waals surface area contributed by atoms with E-state index < -0.39 is 0 Å². The Morgan fingerprint density at radius 2 is 1.67 bits per heavy atom. The fraction of sp³-hybridized carbons (Fsp3) is 0.118. The number of fused-ring (bicyclic) bond motifs is 1. The summed E-state index contributed by atoms with van der Waals surface area (Å²) in [4.78, 5) is 39.8. The average Bonchev–Trinajstić information content (AvgIpc) is 2.86. The summed E-state index contributed by atoms with van der Waals surface area (Å²) in [6.45, 7) is 1.42. The van der Waals surface area contributed by atoms with Gasteiger partial charge in [-0.15, -0.1) is 0 Å². The molecule has 122 valence electrons. The minimum atomic E-state index is -0.276. The minimum Gasteiger partial charge on any atom is -0.326 e. The summed E-state index contributed by atoms with van der Waals surface area (Å²) in [6, 6.07) is 12.2. The lowest BCUT2D eigenvalue weighted by molar-refractivity contribution is -0.115. The van der Waals surface area contributed by atoms with Crippen LogP contribution in [0, 0.1) is 0 Å². The number of hydrogen-bond donors (Lipinski definition) is 4. The second kappa shape index (κ2) is 6.41. The average molecular weight is 324 g/mol. The highest BCUT2D eigenvalue weighted by molar-refractivity contribution is 5.94. The maximum Gasteiger partial charge on any atom is 0.323 e. The molecular weight excluding hydrogens is 308 g/mol. The largest absolute Gasteiger partial charge is 0.326 e. The molecule has 1 aromatic heterocycles. The Morgan fingerprint density at radius 1 is 0.958 bits per heavy atom. The zero-order chi connectivity index (χ0) is 17.1. The molecule has 0 spiro atoms. The molecule has 0 bridgehead atoms. The first-order valence-corrected chi connectivity index (χ1v) is 7.38. The molecule has 7 heteroatoms. The summed E-state index contributed by atoms with van der Waals surface area (Å²) < 4.78 is 0. The van der Waals surface area contributed by atoms with Crippen molar-refractivity contribution < 1.29 is 9.59 Å². The van der Waals surface area contributed by atoms with Crippen LogP contribution < -0.4 is 16.3 Å². The first-order chi connectivity index (χ1) is 11.5. The van der Waals surface area contributed by atoms with Gasteiger partial charge >= 0.3 is 5.69 Å². The molecule has 3 rings (SSSR count). The summed E-state index contributed by atoms with van der Waals surface area (Å²) in [6.07, 6.45) is 0.174. The zero-order valence-electron chi connectivity index (χ0n) is 13.0. The standard InChI is InChI=1S/C17H16N4O3/c1-10(22)18-12-3-2-4-13(9-12)19-16(23)8-11-5-6-14-15(7-11)21-17(24)20-14/h2-7,9H,8H2,1H3,(H,18,22)(H,19,23)(H2,20,21,24). The van der Waals surface area contributed by atoms with Crippen molar-refractivity contribution in [2.75, 3.05) is 10.6 Å². The van der Waals surface area contributed by atoms with Crippen molar-refractivity contribution in [2.45, 2.75) is 13.3 Å². The van der Waals surface area contributed by atoms with Crippen molar-refractivity contribution in [3.8, 4) is 0 Å². The van der Waals surface area contributed by atoms with Gasteiger partial charge in [0.05, 0.1) is 17.5 Å². The van der Waals surface area contributed by atoms with E-state index in [1.807, 2.05) is 0 Å². The van der Waals surface area contributed by atoms with Crippen molar-refractivity contribution in [2.24, 2.45) is 0 Å². The van der Waals surface area contributed by atoms with E-state index in [0.29, 0.717) is 22.4 Å². The minimum absolute atomic E-state index is 0.174. The van der Waals surface area contributed by atoms with E-state index in [9.17, 15) is 14.4 Å². The van der Waals surface area contributed by atoms with Crippen molar-refractivity contribution >= 4 is 34.2 Å². The second-order valence-corrected chi connectivity index (χ2v) is 5.45. The van der Waals surface area contributed by atoms with Crippen LogP contribution in [-0.4, -0.2) is 21.8 Å². The van der Waals surface area contributed by atoms with Crippen LogP contribution in [0.1, 0.15) is 12.5 Å². The van der Waals surface area contributed by atoms with E-state index in [1.165, 1.54) is 6.92 Å². The Bertz CT molecular complexity index is 971. The van der Waals surface area contributed by atoms with Gasteiger partial charge in [0.15, 0.2) is 0 Å². The van der Waals surface area contributed by atoms with Gasteiger partial charge in [0.25, 0.3) is 0 Å². The molecule has 0 aliphatic carbocycles. The Balaban J connectivity index is 1.70. The van der Waals surface area contributed by atoms with Crippen LogP contribution in [0.3, 0.4) is 0 Å². The van der Waals surface area contributed by atoms with Crippen LogP contribution in [0.4, 0.5) is 11.4 Å². The number of carbonyl (C=O) groups excluding carboxylic acids is 2. The predicted molar refractivity (Wildman–Crippen MR) is 92.0 cm³/mol. The van der Waals surface area contributed by atoms with Crippen molar-refractivity contribution in [1.29, 1.82) is 0 Å². The lowest BCUT2D eigenvalue weighted by Crippen LogP contribution is -2.14. The highest BCUT2D eigenvalue weighted by Crippen LogP contribution is 2.16. The number of benzene rings is 2. The molecule has 0 unspecified atom stereocenters. The third-order valence-corrected chi connectivity index (χ3v) is 3.41. The molecule has 0 atom stereocenters. The summed E-state index contributed by atoms with van der Waals surface area (Å²) in [5, 5.41) is 5.45. The predicted octanol–water partition coefficient (Wildman–Crippen LogP) is 2.00. The maximum atomic E-state index is 12.2. The van der Waals surface area contributed by atoms with Crippen molar-refractivity contribution in [3.05, 3.63) is 58.5 Å². The van der Waals surface area contributed by atoms with Gasteiger partial charge in [-0.3, -0.25) is 9.59 Å². The molecular formula is C17H16N4O3. The Labute approximate surface area is 137 Å². The smallest absolute Gasteiger partial charge is 0.323 e. The molecule has 4 N–H and O–H groups in total. The summed E-state index contributed by atoms with van der Waals surface area (Å²) in [5.41, 5.74) is 3.09. The molecule has 0 saturated carbocycles. The number of H-pyrrole nitrogens is 2. The molecule has 7 nitrogen and oxygen atoms in total. The van der Waals surface area contributed by atoms with Crippen LogP contribution in [0.25, 0.3) is 11.0 Å². The van der Waals surface area contributed by atoms with Crippen LogP contribution in [0.5, 0.6) is 0 Å². The Hall–Kier alpha value is -3.35. The van der Waals surface area contributed by atoms with Gasteiger partial charge in [0.1, 0.15) is 0 Å². The number of amides is 2. The molecule has 24 heavy (non-hydrogen) atoms. The zero-order valence-corrected chi connectivity index (χ0v) is 13.0. The Kier molecular flexibility index (Phi) is 4.15. The first kappa shape index (κ1) is 15.5. The highest BCUT2D eigenvalue weighted by atomic mass is 16.2. The van der Waals surface area contributed by atoms with Crippen LogP contribution in [0.15, 0.2) is 47.3 Å². The number of anilines is 2. The molecule has 0 saturated heterocycles. The number of carbonyl (C=O) groups is 2. The SMILES string of the molecule is CC(=O)Nc1cccc(NC(=O)Cc2ccc3[nH]c(=O)[nH]c3c2)c1.